The van der Waals surface area contributed by atoms with E-state index >= 15 is 0 Å². The van der Waals surface area contributed by atoms with E-state index in [0.717, 1.165) is 0 Å². The molecule has 2 N–H and O–H groups in total. The van der Waals surface area contributed by atoms with Gasteiger partial charge in [0.1, 0.15) is 0 Å². The maximum absolute atomic E-state index is 6.42. The van der Waals surface area contributed by atoms with Gasteiger partial charge in [-0.25, -0.2) is 9.97 Å². The number of hydrogen-bond donors (Lipinski definition) is 2. The highest BCUT2D eigenvalue weighted by Crippen LogP contribution is 2.41. The van der Waals surface area contributed by atoms with Crippen molar-refractivity contribution in [1.29, 1.82) is 0 Å². The Hall–Kier alpha value is -1.08. The predicted molar refractivity (Wildman–Crippen MR) is 138 cm³/mol. The molecule has 32 heavy (non-hydrogen) atoms. The van der Waals surface area contributed by atoms with Gasteiger partial charge in [-0.2, -0.15) is 0 Å². The minimum absolute atomic E-state index is 0.242. The van der Waals surface area contributed by atoms with Crippen molar-refractivity contribution in [2.24, 2.45) is 0 Å². The van der Waals surface area contributed by atoms with Crippen molar-refractivity contribution in [3.63, 3.8) is 0 Å². The van der Waals surface area contributed by atoms with E-state index in [4.69, 9.17) is 92.8 Å². The first-order chi connectivity index (χ1) is 15.2. The molecule has 2 aliphatic heterocycles. The second kappa shape index (κ2) is 8.30. The lowest BCUT2D eigenvalue weighted by atomic mass is 10.3. The van der Waals surface area contributed by atoms with Gasteiger partial charge in [0.15, 0.2) is 0 Å². The number of hydrogen-bond acceptors (Lipinski definition) is 2. The molecule has 0 saturated heterocycles. The molecule has 0 unspecified atom stereocenters. The van der Waals surface area contributed by atoms with Gasteiger partial charge < -0.3 is 9.97 Å². The lowest BCUT2D eigenvalue weighted by Crippen LogP contribution is -1.77. The van der Waals surface area contributed by atoms with Gasteiger partial charge in [0.05, 0.1) is 85.1 Å². The SMILES string of the molecule is ClC1=C(Cl)c2cc3[nH]c(cc4nc(cc5[nH]c(cc1n2)c(Cl)c5Cl)C(Cl)=C4Cl)c(Cl)c3Cl. The zero-order valence-electron chi connectivity index (χ0n) is 15.2. The van der Waals surface area contributed by atoms with Crippen LogP contribution in [0.4, 0.5) is 0 Å². The number of nitrogens with one attached hydrogen (secondary N) is 2. The number of H-pyrrole nitrogens is 2. The van der Waals surface area contributed by atoms with Crippen molar-refractivity contribution in [2.45, 2.75) is 0 Å². The summed E-state index contributed by atoms with van der Waals surface area (Å²) < 4.78 is 0. The summed E-state index contributed by atoms with van der Waals surface area (Å²) in [5.74, 6) is 0. The third-order valence-corrected chi connectivity index (χ3v) is 8.25. The van der Waals surface area contributed by atoms with E-state index in [-0.39, 0.29) is 40.2 Å². The molecule has 12 heteroatoms. The molecule has 0 atom stereocenters. The van der Waals surface area contributed by atoms with Gasteiger partial charge in [0.2, 0.25) is 0 Å². The first-order valence-electron chi connectivity index (χ1n) is 8.72. The zero-order chi connectivity index (χ0) is 22.9. The highest BCUT2D eigenvalue weighted by molar-refractivity contribution is 6.66. The molecular weight excluding hydrogens is 580 g/mol. The Balaban J connectivity index is 1.99. The summed E-state index contributed by atoms with van der Waals surface area (Å²) in [4.78, 5) is 15.2. The van der Waals surface area contributed by atoms with Gasteiger partial charge >= 0.3 is 0 Å². The molecule has 0 saturated carbocycles. The van der Waals surface area contributed by atoms with Gasteiger partial charge in [-0.1, -0.05) is 92.8 Å². The Labute approximate surface area is 220 Å². The quantitative estimate of drug-likeness (QED) is 0.276. The molecule has 162 valence electrons. The molecule has 3 aromatic rings. The second-order valence-electron chi connectivity index (χ2n) is 6.76. The molecule has 0 aromatic carbocycles. The minimum Gasteiger partial charge on any atom is -0.353 e. The van der Waals surface area contributed by atoms with Crippen molar-refractivity contribution < 1.29 is 0 Å². The van der Waals surface area contributed by atoms with Crippen molar-refractivity contribution in [2.75, 3.05) is 0 Å². The summed E-state index contributed by atoms with van der Waals surface area (Å²) >= 11 is 51.3. The number of halogens is 8. The third-order valence-electron chi connectivity index (χ3n) is 4.76. The van der Waals surface area contributed by atoms with Crippen LogP contribution < -0.4 is 0 Å². The number of aromatic amines is 2. The van der Waals surface area contributed by atoms with Crippen LogP contribution in [0.15, 0.2) is 24.3 Å². The number of rotatable bonds is 0. The Kier molecular flexibility index (Phi) is 5.89. The van der Waals surface area contributed by atoms with E-state index in [2.05, 4.69) is 19.9 Å². The van der Waals surface area contributed by atoms with Gasteiger partial charge in [-0.3, -0.25) is 0 Å². The van der Waals surface area contributed by atoms with E-state index in [1.54, 1.807) is 24.3 Å². The van der Waals surface area contributed by atoms with Crippen LogP contribution in [0.3, 0.4) is 0 Å². The van der Waals surface area contributed by atoms with Crippen molar-refractivity contribution in [3.8, 4) is 0 Å². The molecule has 4 nitrogen and oxygen atoms in total. The van der Waals surface area contributed by atoms with Gasteiger partial charge in [-0.15, -0.1) is 0 Å². The van der Waals surface area contributed by atoms with E-state index in [0.29, 0.717) is 44.8 Å². The Morgan fingerprint density at radius 2 is 0.625 bits per heavy atom. The maximum Gasteiger partial charge on any atom is 0.0871 e. The standard InChI is InChI=1S/C20H6Cl8N4/c21-13-5-1-6-14(22)16(24)8(30-6)3-10-18(26)20(28)12(32-10)4-11-19(27)17(25)9(31-11)2-7(29-5)15(13)23/h1-4,29,32H. The zero-order valence-corrected chi connectivity index (χ0v) is 21.3. The smallest absolute Gasteiger partial charge is 0.0871 e. The third kappa shape index (κ3) is 3.62. The lowest BCUT2D eigenvalue weighted by molar-refractivity contribution is 1.31. The van der Waals surface area contributed by atoms with Crippen molar-refractivity contribution in [1.82, 2.24) is 19.9 Å². The molecule has 0 spiro atoms. The highest BCUT2D eigenvalue weighted by Gasteiger charge is 2.21. The predicted octanol–water partition coefficient (Wildman–Crippen LogP) is 9.54. The average Bonchev–Trinajstić information content (AvgIpc) is 3.37. The highest BCUT2D eigenvalue weighted by atomic mass is 35.5. The normalized spacial score (nSPS) is 14.0. The maximum atomic E-state index is 6.42. The van der Waals surface area contributed by atoms with Crippen LogP contribution in [0.1, 0.15) is 22.8 Å². The van der Waals surface area contributed by atoms with Crippen molar-refractivity contribution in [3.05, 3.63) is 67.1 Å². The monoisotopic (exact) mass is 582 g/mol. The molecular formula is C20H6Cl8N4. The molecule has 0 radical (unpaired) electrons. The molecule has 0 fully saturated rings. The van der Waals surface area contributed by atoms with Crippen LogP contribution in [-0.4, -0.2) is 19.9 Å². The van der Waals surface area contributed by atoms with E-state index in [1.165, 1.54) is 0 Å². The lowest BCUT2D eigenvalue weighted by Gasteiger charge is -1.90. The van der Waals surface area contributed by atoms with E-state index < -0.39 is 0 Å². The topological polar surface area (TPSA) is 57.4 Å². The number of nitrogens with zero attached hydrogens (tertiary/aromatic N) is 2. The summed E-state index contributed by atoms with van der Waals surface area (Å²) in [5, 5.41) is 2.05. The summed E-state index contributed by atoms with van der Waals surface area (Å²) in [6.07, 6.45) is 0. The summed E-state index contributed by atoms with van der Waals surface area (Å²) in [5.41, 5.74) is 3.44. The fourth-order valence-corrected chi connectivity index (χ4v) is 4.80. The Morgan fingerprint density at radius 3 is 0.844 bits per heavy atom. The summed E-state index contributed by atoms with van der Waals surface area (Å²) in [7, 11) is 0. The fraction of sp³-hybridized carbons (Fsp3) is 0. The minimum atomic E-state index is 0.242. The van der Waals surface area contributed by atoms with Crippen LogP contribution in [0, 0.1) is 0 Å². The van der Waals surface area contributed by atoms with Crippen LogP contribution in [-0.2, 0) is 0 Å². The van der Waals surface area contributed by atoms with Gasteiger partial charge in [0, 0.05) is 0 Å². The molecule has 5 rings (SSSR count). The first kappa shape index (κ1) is 22.7. The van der Waals surface area contributed by atoms with Gasteiger partial charge in [0.25, 0.3) is 0 Å². The van der Waals surface area contributed by atoms with Crippen LogP contribution in [0.25, 0.3) is 42.2 Å². The number of fused-ring (bicyclic) bond motifs is 8. The molecule has 0 aliphatic carbocycles. The van der Waals surface area contributed by atoms with Gasteiger partial charge in [-0.05, 0) is 24.3 Å². The molecule has 2 aliphatic rings. The summed E-state index contributed by atoms with van der Waals surface area (Å²) in [6.45, 7) is 0. The molecule has 8 bridgehead atoms. The Bertz CT molecular complexity index is 1340. The van der Waals surface area contributed by atoms with Crippen LogP contribution in [0.5, 0.6) is 0 Å². The van der Waals surface area contributed by atoms with Crippen LogP contribution >= 0.6 is 92.8 Å². The summed E-state index contributed by atoms with van der Waals surface area (Å²) in [6, 6.07) is 6.52. The van der Waals surface area contributed by atoms with E-state index in [1.807, 2.05) is 0 Å². The van der Waals surface area contributed by atoms with Crippen molar-refractivity contribution >= 4 is 135 Å². The van der Waals surface area contributed by atoms with E-state index in [9.17, 15) is 0 Å². The second-order valence-corrected chi connectivity index (χ2v) is 9.78. The molecule has 0 amide bonds. The fourth-order valence-electron chi connectivity index (χ4n) is 3.22. The average molecular weight is 586 g/mol. The number of aromatic nitrogens is 4. The largest absolute Gasteiger partial charge is 0.353 e. The molecule has 3 aromatic heterocycles. The van der Waals surface area contributed by atoms with Crippen LogP contribution in [0.2, 0.25) is 20.1 Å². The molecule has 5 heterocycles. The Morgan fingerprint density at radius 1 is 0.406 bits per heavy atom. The first-order valence-corrected chi connectivity index (χ1v) is 11.7.